The van der Waals surface area contributed by atoms with Crippen LogP contribution in [0.15, 0.2) is 60.9 Å². The summed E-state index contributed by atoms with van der Waals surface area (Å²) in [6.45, 7) is 0. The average Bonchev–Trinajstić information content (AvgIpc) is 3.64. The van der Waals surface area contributed by atoms with Crippen LogP contribution in [-0.4, -0.2) is 79.9 Å². The van der Waals surface area contributed by atoms with Gasteiger partial charge in [0.25, 0.3) is 0 Å². The third kappa shape index (κ3) is 9.17. The molecule has 0 aliphatic rings. The molecule has 0 aliphatic carbocycles. The van der Waals surface area contributed by atoms with Gasteiger partial charge in [-0.2, -0.15) is 0 Å². The minimum Gasteiger partial charge on any atom is -0.481 e. The molecule has 248 valence electrons. The van der Waals surface area contributed by atoms with Crippen LogP contribution < -0.4 is 27.4 Å². The summed E-state index contributed by atoms with van der Waals surface area (Å²) >= 11 is 0. The second-order valence-corrected chi connectivity index (χ2v) is 11.2. The molecule has 2 aromatic carbocycles. The molecule has 11 N–H and O–H groups in total. The van der Waals surface area contributed by atoms with Gasteiger partial charge in [-0.15, -0.1) is 0 Å². The number of amides is 4. The Balaban J connectivity index is 1.47. The van der Waals surface area contributed by atoms with Crippen molar-refractivity contribution < 1.29 is 39.0 Å². The van der Waals surface area contributed by atoms with Crippen molar-refractivity contribution in [1.29, 1.82) is 0 Å². The first-order valence-electron chi connectivity index (χ1n) is 14.9. The van der Waals surface area contributed by atoms with E-state index in [0.29, 0.717) is 5.56 Å². The van der Waals surface area contributed by atoms with Gasteiger partial charge in [0.05, 0.1) is 6.04 Å². The Morgan fingerprint density at radius 2 is 1.13 bits per heavy atom. The zero-order chi connectivity index (χ0) is 34.1. The van der Waals surface area contributed by atoms with Crippen LogP contribution in [-0.2, 0) is 41.6 Å². The van der Waals surface area contributed by atoms with E-state index in [2.05, 4.69) is 25.9 Å². The summed E-state index contributed by atoms with van der Waals surface area (Å²) in [5, 5.41) is 28.1. The Hall–Kier alpha value is -5.70. The van der Waals surface area contributed by atoms with E-state index >= 15 is 0 Å². The van der Waals surface area contributed by atoms with Crippen LogP contribution in [0.4, 0.5) is 0 Å². The fraction of sp³-hybridized carbons (Fsp3) is 0.312. The lowest BCUT2D eigenvalue weighted by molar-refractivity contribution is -0.142. The molecule has 2 aromatic heterocycles. The summed E-state index contributed by atoms with van der Waals surface area (Å²) in [6.07, 6.45) is 1.92. The number of para-hydroxylation sites is 2. The number of primary amides is 1. The van der Waals surface area contributed by atoms with E-state index in [4.69, 9.17) is 11.5 Å². The van der Waals surface area contributed by atoms with Crippen LogP contribution in [0.1, 0.15) is 36.8 Å². The van der Waals surface area contributed by atoms with Gasteiger partial charge in [-0.25, -0.2) is 4.79 Å². The zero-order valence-electron chi connectivity index (χ0n) is 25.3. The highest BCUT2D eigenvalue weighted by molar-refractivity contribution is 5.95. The van der Waals surface area contributed by atoms with Crippen LogP contribution in [0.5, 0.6) is 0 Å². The van der Waals surface area contributed by atoms with Crippen molar-refractivity contribution in [2.45, 2.75) is 62.7 Å². The highest BCUT2D eigenvalue weighted by Gasteiger charge is 2.31. The number of fused-ring (bicyclic) bond motifs is 2. The van der Waals surface area contributed by atoms with Gasteiger partial charge in [0.1, 0.15) is 18.1 Å². The van der Waals surface area contributed by atoms with E-state index in [1.165, 1.54) is 0 Å². The van der Waals surface area contributed by atoms with Crippen molar-refractivity contribution in [1.82, 2.24) is 25.9 Å². The highest BCUT2D eigenvalue weighted by Crippen LogP contribution is 2.20. The number of carbonyl (C=O) groups excluding carboxylic acids is 4. The van der Waals surface area contributed by atoms with E-state index in [-0.39, 0.29) is 32.1 Å². The molecule has 0 radical (unpaired) electrons. The molecule has 0 aliphatic heterocycles. The number of aliphatic carboxylic acids is 2. The lowest BCUT2D eigenvalue weighted by atomic mass is 10.0. The number of rotatable bonds is 17. The third-order valence-corrected chi connectivity index (χ3v) is 7.76. The smallest absolute Gasteiger partial charge is 0.326 e. The molecule has 0 fully saturated rings. The number of nitrogens with one attached hydrogen (secondary N) is 5. The number of aromatic amines is 2. The Kier molecular flexibility index (Phi) is 11.3. The van der Waals surface area contributed by atoms with Crippen molar-refractivity contribution in [3.05, 3.63) is 72.1 Å². The molecular formula is C32H37N7O8. The largest absolute Gasteiger partial charge is 0.481 e. The van der Waals surface area contributed by atoms with Gasteiger partial charge >= 0.3 is 11.9 Å². The first-order chi connectivity index (χ1) is 22.4. The molecule has 4 amide bonds. The van der Waals surface area contributed by atoms with E-state index in [0.717, 1.165) is 27.4 Å². The van der Waals surface area contributed by atoms with Gasteiger partial charge in [-0.1, -0.05) is 36.4 Å². The summed E-state index contributed by atoms with van der Waals surface area (Å²) < 4.78 is 0. The maximum Gasteiger partial charge on any atom is 0.326 e. The van der Waals surface area contributed by atoms with Crippen LogP contribution in [0.25, 0.3) is 21.8 Å². The molecular weight excluding hydrogens is 610 g/mol. The number of aromatic nitrogens is 2. The van der Waals surface area contributed by atoms with Gasteiger partial charge < -0.3 is 47.6 Å². The van der Waals surface area contributed by atoms with Crippen molar-refractivity contribution in [3.8, 4) is 0 Å². The van der Waals surface area contributed by atoms with E-state index < -0.39 is 66.2 Å². The van der Waals surface area contributed by atoms with Crippen LogP contribution in [0.3, 0.4) is 0 Å². The van der Waals surface area contributed by atoms with Crippen molar-refractivity contribution >= 4 is 57.4 Å². The number of hydrogen-bond donors (Lipinski definition) is 9. The second kappa shape index (κ2) is 15.5. The number of carbonyl (C=O) groups is 6. The Morgan fingerprint density at radius 3 is 1.64 bits per heavy atom. The Bertz CT molecular complexity index is 1780. The van der Waals surface area contributed by atoms with E-state index in [1.54, 1.807) is 24.5 Å². The molecule has 15 heteroatoms. The molecule has 47 heavy (non-hydrogen) atoms. The number of hydrogen-bond acceptors (Lipinski definition) is 7. The molecule has 4 atom stereocenters. The highest BCUT2D eigenvalue weighted by atomic mass is 16.4. The summed E-state index contributed by atoms with van der Waals surface area (Å²) in [7, 11) is 0. The van der Waals surface area contributed by atoms with E-state index in [9.17, 15) is 39.0 Å². The summed E-state index contributed by atoms with van der Waals surface area (Å²) in [5.74, 6) is -5.91. The van der Waals surface area contributed by atoms with Crippen molar-refractivity contribution in [3.63, 3.8) is 0 Å². The molecule has 4 aromatic rings. The minimum absolute atomic E-state index is 0.0901. The van der Waals surface area contributed by atoms with Crippen LogP contribution >= 0.6 is 0 Å². The summed E-state index contributed by atoms with van der Waals surface area (Å²) in [6, 6.07) is 9.27. The first-order valence-corrected chi connectivity index (χ1v) is 14.9. The molecule has 0 spiro atoms. The molecule has 0 saturated heterocycles. The van der Waals surface area contributed by atoms with Crippen LogP contribution in [0, 0.1) is 0 Å². The second-order valence-electron chi connectivity index (χ2n) is 11.2. The van der Waals surface area contributed by atoms with Gasteiger partial charge in [-0.05, 0) is 42.5 Å². The molecule has 4 rings (SSSR count). The Morgan fingerprint density at radius 1 is 0.660 bits per heavy atom. The number of carboxylic acid groups (broad SMARTS) is 2. The zero-order valence-corrected chi connectivity index (χ0v) is 25.3. The lowest BCUT2D eigenvalue weighted by Crippen LogP contribution is -2.57. The number of benzene rings is 2. The topological polar surface area (TPSA) is 263 Å². The average molecular weight is 648 g/mol. The predicted octanol–water partition coefficient (Wildman–Crippen LogP) is 0.431. The monoisotopic (exact) mass is 647 g/mol. The SMILES string of the molecule is NC(=O)CCC(NC(=O)C(CCC(=O)O)NC(=O)C(N)Cc1c[nH]c2ccccc12)C(=O)NC(Cc1c[nH]c2ccccc12)C(=O)O. The normalized spacial score (nSPS) is 13.7. The summed E-state index contributed by atoms with van der Waals surface area (Å²) in [4.78, 5) is 81.0. The van der Waals surface area contributed by atoms with Gasteiger partial charge in [0, 0.05) is 53.5 Å². The van der Waals surface area contributed by atoms with Crippen molar-refractivity contribution in [2.24, 2.45) is 11.5 Å². The fourth-order valence-corrected chi connectivity index (χ4v) is 5.27. The van der Waals surface area contributed by atoms with Gasteiger partial charge in [0.15, 0.2) is 0 Å². The maximum atomic E-state index is 13.4. The molecule has 0 saturated carbocycles. The number of nitrogens with two attached hydrogens (primary N) is 2. The van der Waals surface area contributed by atoms with Gasteiger partial charge in [-0.3, -0.25) is 24.0 Å². The fourth-order valence-electron chi connectivity index (χ4n) is 5.27. The minimum atomic E-state index is -1.44. The molecule has 2 heterocycles. The predicted molar refractivity (Wildman–Crippen MR) is 171 cm³/mol. The molecule has 0 bridgehead atoms. The lowest BCUT2D eigenvalue weighted by Gasteiger charge is -2.25. The Labute approximate surface area is 268 Å². The van der Waals surface area contributed by atoms with Crippen LogP contribution in [0.2, 0.25) is 0 Å². The third-order valence-electron chi connectivity index (χ3n) is 7.76. The summed E-state index contributed by atoms with van der Waals surface area (Å²) in [5.41, 5.74) is 14.5. The van der Waals surface area contributed by atoms with E-state index in [1.807, 2.05) is 36.4 Å². The molecule has 4 unspecified atom stereocenters. The van der Waals surface area contributed by atoms with Gasteiger partial charge in [0.2, 0.25) is 23.6 Å². The standard InChI is InChI=1S/C32H37N7O8/c33-21(13-17-15-35-22-7-3-1-5-19(17)22)29(43)37-25(10-12-28(41)42)30(44)38-24(9-11-27(34)40)31(45)39-26(32(46)47)14-18-16-36-23-8-4-2-6-20(18)23/h1-8,15-16,21,24-26,35-36H,9-14,33H2,(H2,34,40)(H,37,43)(H,38,44)(H,39,45)(H,41,42)(H,46,47). The number of carboxylic acids is 2. The maximum absolute atomic E-state index is 13.4. The molecule has 15 nitrogen and oxygen atoms in total. The first kappa shape index (κ1) is 34.2. The number of H-pyrrole nitrogens is 2. The van der Waals surface area contributed by atoms with Crippen molar-refractivity contribution in [2.75, 3.05) is 0 Å². The quantitative estimate of drug-likeness (QED) is 0.0768.